The van der Waals surface area contributed by atoms with Crippen LogP contribution in [0.3, 0.4) is 0 Å². The second kappa shape index (κ2) is 6.87. The summed E-state index contributed by atoms with van der Waals surface area (Å²) in [6.45, 7) is 3.15. The van der Waals surface area contributed by atoms with Gasteiger partial charge in [-0.15, -0.1) is 11.3 Å². The van der Waals surface area contributed by atoms with Crippen LogP contribution >= 0.6 is 11.3 Å². The second-order valence-electron chi connectivity index (χ2n) is 6.09. The number of rotatable bonds is 5. The van der Waals surface area contributed by atoms with Gasteiger partial charge >= 0.3 is 0 Å². The molecule has 0 spiro atoms. The normalized spacial score (nSPS) is 21.3. The second-order valence-corrected chi connectivity index (χ2v) is 7.12. The van der Waals surface area contributed by atoms with Crippen molar-refractivity contribution in [3.63, 3.8) is 0 Å². The third-order valence-corrected chi connectivity index (χ3v) is 5.80. The van der Waals surface area contributed by atoms with Gasteiger partial charge in [-0.05, 0) is 44.7 Å². The van der Waals surface area contributed by atoms with Gasteiger partial charge < -0.3 is 5.73 Å². The Hall–Kier alpha value is -0.380. The quantitative estimate of drug-likeness (QED) is 0.834. The molecule has 0 amide bonds. The molecule has 2 N–H and O–H groups in total. The molecule has 1 aliphatic rings. The van der Waals surface area contributed by atoms with Crippen molar-refractivity contribution in [1.29, 1.82) is 0 Å². The Balaban J connectivity index is 2.03. The lowest BCUT2D eigenvalue weighted by Crippen LogP contribution is -2.55. The van der Waals surface area contributed by atoms with E-state index in [4.69, 9.17) is 5.73 Å². The zero-order valence-corrected chi connectivity index (χ0v) is 13.2. The minimum atomic E-state index is 0.243. The summed E-state index contributed by atoms with van der Waals surface area (Å²) in [4.78, 5) is 4.07. The van der Waals surface area contributed by atoms with Crippen molar-refractivity contribution in [3.8, 4) is 0 Å². The summed E-state index contributed by atoms with van der Waals surface area (Å²) in [7, 11) is 2.29. The number of nitrogens with zero attached hydrogens (tertiary/aromatic N) is 1. The highest BCUT2D eigenvalue weighted by atomic mass is 32.1. The maximum absolute atomic E-state index is 6.18. The maximum atomic E-state index is 6.18. The first-order valence-electron chi connectivity index (χ1n) is 7.63. The van der Waals surface area contributed by atoms with Crippen molar-refractivity contribution in [2.75, 3.05) is 13.6 Å². The van der Waals surface area contributed by atoms with Crippen LogP contribution in [-0.2, 0) is 6.42 Å². The Labute approximate surface area is 122 Å². The zero-order valence-electron chi connectivity index (χ0n) is 12.4. The largest absolute Gasteiger partial charge is 0.329 e. The van der Waals surface area contributed by atoms with Crippen LogP contribution in [0.1, 0.15) is 50.3 Å². The Kier molecular flexibility index (Phi) is 5.43. The van der Waals surface area contributed by atoms with Crippen molar-refractivity contribution in [3.05, 3.63) is 22.4 Å². The molecule has 108 valence electrons. The van der Waals surface area contributed by atoms with Crippen molar-refractivity contribution in [1.82, 2.24) is 4.90 Å². The average molecular weight is 280 g/mol. The summed E-state index contributed by atoms with van der Waals surface area (Å²) in [6, 6.07) is 4.97. The predicted molar refractivity (Wildman–Crippen MR) is 84.7 cm³/mol. The van der Waals surface area contributed by atoms with Crippen LogP contribution < -0.4 is 5.73 Å². The molecule has 0 saturated heterocycles. The predicted octanol–water partition coefficient (Wildman–Crippen LogP) is 3.66. The molecule has 1 aromatic rings. The molecule has 19 heavy (non-hydrogen) atoms. The first-order chi connectivity index (χ1) is 9.18. The van der Waals surface area contributed by atoms with Crippen LogP contribution in [0.2, 0.25) is 0 Å². The lowest BCUT2D eigenvalue weighted by atomic mass is 9.87. The lowest BCUT2D eigenvalue weighted by Gasteiger charge is -2.44. The summed E-state index contributed by atoms with van der Waals surface area (Å²) >= 11 is 1.87. The fourth-order valence-corrected chi connectivity index (χ4v) is 4.24. The number of nitrogens with two attached hydrogens (primary N) is 1. The van der Waals surface area contributed by atoms with Crippen LogP contribution in [0.5, 0.6) is 0 Å². The van der Waals surface area contributed by atoms with Gasteiger partial charge in [0.2, 0.25) is 0 Å². The SMILES string of the molecule is CC(Cc1cccs1)N(C)C1(CN)CCCCCC1. The molecule has 2 rings (SSSR count). The van der Waals surface area contributed by atoms with E-state index in [1.165, 1.54) is 43.4 Å². The van der Waals surface area contributed by atoms with Crippen LogP contribution in [0.15, 0.2) is 17.5 Å². The van der Waals surface area contributed by atoms with E-state index in [0.29, 0.717) is 6.04 Å². The fourth-order valence-electron chi connectivity index (χ4n) is 3.41. The first-order valence-corrected chi connectivity index (χ1v) is 8.51. The average Bonchev–Trinajstić information content (AvgIpc) is 2.80. The molecule has 1 saturated carbocycles. The highest BCUT2D eigenvalue weighted by Gasteiger charge is 2.35. The van der Waals surface area contributed by atoms with Gasteiger partial charge in [0.15, 0.2) is 0 Å². The highest BCUT2D eigenvalue weighted by molar-refractivity contribution is 7.09. The summed E-state index contributed by atoms with van der Waals surface area (Å²) < 4.78 is 0. The third-order valence-electron chi connectivity index (χ3n) is 4.90. The summed E-state index contributed by atoms with van der Waals surface area (Å²) in [6.07, 6.45) is 9.14. The third kappa shape index (κ3) is 3.59. The number of hydrogen-bond donors (Lipinski definition) is 1. The molecule has 0 radical (unpaired) electrons. The van der Waals surface area contributed by atoms with Gasteiger partial charge in [-0.1, -0.05) is 31.7 Å². The summed E-state index contributed by atoms with van der Waals surface area (Å²) in [5.74, 6) is 0. The summed E-state index contributed by atoms with van der Waals surface area (Å²) in [5, 5.41) is 2.17. The van der Waals surface area contributed by atoms with Gasteiger partial charge in [0.25, 0.3) is 0 Å². The van der Waals surface area contributed by atoms with Gasteiger partial charge in [-0.25, -0.2) is 0 Å². The van der Waals surface area contributed by atoms with Crippen LogP contribution in [0, 0.1) is 0 Å². The Morgan fingerprint density at radius 1 is 1.32 bits per heavy atom. The molecule has 3 heteroatoms. The van der Waals surface area contributed by atoms with Gasteiger partial charge in [-0.2, -0.15) is 0 Å². The van der Waals surface area contributed by atoms with E-state index in [9.17, 15) is 0 Å². The standard InChI is InChI=1S/C16H28N2S/c1-14(12-15-8-7-11-19-15)18(2)16(13-17)9-5-3-4-6-10-16/h7-8,11,14H,3-6,9-10,12-13,17H2,1-2H3. The molecule has 0 aliphatic heterocycles. The molecule has 1 fully saturated rings. The van der Waals surface area contributed by atoms with Crippen LogP contribution in [0.4, 0.5) is 0 Å². The van der Waals surface area contributed by atoms with E-state index in [0.717, 1.165) is 13.0 Å². The number of likely N-dealkylation sites (N-methyl/N-ethyl adjacent to an activating group) is 1. The van der Waals surface area contributed by atoms with E-state index < -0.39 is 0 Å². The van der Waals surface area contributed by atoms with Gasteiger partial charge in [0, 0.05) is 23.0 Å². The maximum Gasteiger partial charge on any atom is 0.0331 e. The van der Waals surface area contributed by atoms with Gasteiger partial charge in [-0.3, -0.25) is 4.90 Å². The molecular formula is C16H28N2S. The zero-order chi connectivity index (χ0) is 13.7. The van der Waals surface area contributed by atoms with Crippen molar-refractivity contribution < 1.29 is 0 Å². The first kappa shape index (κ1) is 15.0. The van der Waals surface area contributed by atoms with Crippen molar-refractivity contribution in [2.45, 2.75) is 63.5 Å². The van der Waals surface area contributed by atoms with E-state index >= 15 is 0 Å². The van der Waals surface area contributed by atoms with E-state index in [1.54, 1.807) is 0 Å². The van der Waals surface area contributed by atoms with Gasteiger partial charge in [0.1, 0.15) is 0 Å². The molecule has 0 bridgehead atoms. The molecule has 1 heterocycles. The number of thiophene rings is 1. The minimum absolute atomic E-state index is 0.243. The molecular weight excluding hydrogens is 252 g/mol. The Morgan fingerprint density at radius 2 is 2.00 bits per heavy atom. The smallest absolute Gasteiger partial charge is 0.0331 e. The Morgan fingerprint density at radius 3 is 2.53 bits per heavy atom. The topological polar surface area (TPSA) is 29.3 Å². The lowest BCUT2D eigenvalue weighted by molar-refractivity contribution is 0.0698. The van der Waals surface area contributed by atoms with E-state index in [1.807, 2.05) is 11.3 Å². The minimum Gasteiger partial charge on any atom is -0.329 e. The van der Waals surface area contributed by atoms with Crippen molar-refractivity contribution >= 4 is 11.3 Å². The molecule has 1 atom stereocenters. The fraction of sp³-hybridized carbons (Fsp3) is 0.750. The van der Waals surface area contributed by atoms with Crippen molar-refractivity contribution in [2.24, 2.45) is 5.73 Å². The Bertz CT molecular complexity index is 353. The monoisotopic (exact) mass is 280 g/mol. The molecule has 1 unspecified atom stereocenters. The van der Waals surface area contributed by atoms with Gasteiger partial charge in [0.05, 0.1) is 0 Å². The molecule has 0 aromatic carbocycles. The van der Waals surface area contributed by atoms with Crippen LogP contribution in [0.25, 0.3) is 0 Å². The van der Waals surface area contributed by atoms with Crippen LogP contribution in [-0.4, -0.2) is 30.1 Å². The summed E-state index contributed by atoms with van der Waals surface area (Å²) in [5.41, 5.74) is 6.42. The number of hydrogen-bond acceptors (Lipinski definition) is 3. The van der Waals surface area contributed by atoms with E-state index in [2.05, 4.69) is 36.4 Å². The highest BCUT2D eigenvalue weighted by Crippen LogP contribution is 2.33. The van der Waals surface area contributed by atoms with E-state index in [-0.39, 0.29) is 5.54 Å². The molecule has 1 aromatic heterocycles. The molecule has 1 aliphatic carbocycles. The molecule has 2 nitrogen and oxygen atoms in total.